The van der Waals surface area contributed by atoms with Crippen LogP contribution in [0.1, 0.15) is 72.8 Å². The molecule has 164 valence electrons. The average molecular weight is 423 g/mol. The minimum Gasteiger partial charge on any atom is -0.296 e. The van der Waals surface area contributed by atoms with Gasteiger partial charge in [-0.2, -0.15) is 9.37 Å². The number of piperidine rings is 1. The molecule has 29 heavy (non-hydrogen) atoms. The molecule has 2 saturated heterocycles. The van der Waals surface area contributed by atoms with Gasteiger partial charge in [0, 0.05) is 17.6 Å². The summed E-state index contributed by atoms with van der Waals surface area (Å²) in [6, 6.07) is 6.98. The number of hydrogen-bond acceptors (Lipinski definition) is 4. The second-order valence-corrected chi connectivity index (χ2v) is 12.8. The van der Waals surface area contributed by atoms with Gasteiger partial charge in [-0.05, 0) is 77.8 Å². The summed E-state index contributed by atoms with van der Waals surface area (Å²) in [6.45, 7) is 16.0. The number of benzene rings is 1. The summed E-state index contributed by atoms with van der Waals surface area (Å²) in [6.07, 6.45) is 4.15. The second-order valence-electron chi connectivity index (χ2n) is 11.0. The molecule has 6 heteroatoms. The number of nitrogens with zero attached hydrogens (tertiary/aromatic N) is 2. The van der Waals surface area contributed by atoms with Gasteiger partial charge in [-0.15, -0.1) is 0 Å². The van der Waals surface area contributed by atoms with Crippen molar-refractivity contribution >= 4 is 10.0 Å². The molecular weight excluding hydrogens is 384 g/mol. The van der Waals surface area contributed by atoms with Crippen molar-refractivity contribution in [1.82, 2.24) is 9.37 Å². The molecule has 1 aromatic carbocycles. The van der Waals surface area contributed by atoms with E-state index in [1.165, 1.54) is 6.42 Å². The Hall–Kier alpha value is -0.950. The van der Waals surface area contributed by atoms with Crippen molar-refractivity contribution in [1.29, 1.82) is 0 Å². The molecule has 1 atom stereocenters. The lowest BCUT2D eigenvalue weighted by Crippen LogP contribution is -2.59. The van der Waals surface area contributed by atoms with Crippen LogP contribution in [0.2, 0.25) is 0 Å². The SMILES string of the molecule is Cc1ccc(S(=O)(=O)N2CC(C)(C)C[C@H]2CON2C(C)(C)CCCC2(C)C)cc1. The maximum atomic E-state index is 13.4. The van der Waals surface area contributed by atoms with Crippen molar-refractivity contribution < 1.29 is 13.3 Å². The Kier molecular flexibility index (Phi) is 5.98. The van der Waals surface area contributed by atoms with Crippen LogP contribution in [0.4, 0.5) is 0 Å². The lowest BCUT2D eigenvalue weighted by atomic mass is 9.82. The highest BCUT2D eigenvalue weighted by Gasteiger charge is 2.47. The van der Waals surface area contributed by atoms with E-state index < -0.39 is 10.0 Å². The number of hydrogen-bond donors (Lipinski definition) is 0. The van der Waals surface area contributed by atoms with E-state index in [0.717, 1.165) is 24.8 Å². The summed E-state index contributed by atoms with van der Waals surface area (Å²) in [5.74, 6) is 0. The highest BCUT2D eigenvalue weighted by atomic mass is 32.2. The first kappa shape index (κ1) is 22.7. The molecule has 0 aliphatic carbocycles. The zero-order chi connectivity index (χ0) is 21.7. The van der Waals surface area contributed by atoms with Crippen LogP contribution in [-0.4, -0.2) is 48.1 Å². The van der Waals surface area contributed by atoms with Crippen molar-refractivity contribution in [2.45, 2.75) is 96.2 Å². The Morgan fingerprint density at radius 3 is 2.10 bits per heavy atom. The third-order valence-corrected chi connectivity index (χ3v) is 8.39. The van der Waals surface area contributed by atoms with Gasteiger partial charge < -0.3 is 0 Å². The van der Waals surface area contributed by atoms with Crippen LogP contribution in [0, 0.1) is 12.3 Å². The second kappa shape index (κ2) is 7.63. The fourth-order valence-electron chi connectivity index (χ4n) is 5.11. The van der Waals surface area contributed by atoms with Gasteiger partial charge in [-0.25, -0.2) is 8.42 Å². The minimum absolute atomic E-state index is 0.0590. The Morgan fingerprint density at radius 2 is 1.55 bits per heavy atom. The van der Waals surface area contributed by atoms with Crippen LogP contribution in [0.15, 0.2) is 29.2 Å². The van der Waals surface area contributed by atoms with Crippen LogP contribution in [0.3, 0.4) is 0 Å². The average Bonchev–Trinajstić information content (AvgIpc) is 2.89. The Bertz CT molecular complexity index is 812. The van der Waals surface area contributed by atoms with Crippen molar-refractivity contribution in [2.24, 2.45) is 5.41 Å². The Balaban J connectivity index is 1.82. The summed E-state index contributed by atoms with van der Waals surface area (Å²) in [5, 5.41) is 2.13. The van der Waals surface area contributed by atoms with E-state index in [9.17, 15) is 8.42 Å². The Labute approximate surface area is 177 Å². The molecule has 2 heterocycles. The molecule has 0 saturated carbocycles. The summed E-state index contributed by atoms with van der Waals surface area (Å²) in [4.78, 5) is 6.76. The van der Waals surface area contributed by atoms with Gasteiger partial charge in [0.1, 0.15) is 0 Å². The van der Waals surface area contributed by atoms with Crippen LogP contribution in [0.25, 0.3) is 0 Å². The highest BCUT2D eigenvalue weighted by Crippen LogP contribution is 2.41. The monoisotopic (exact) mass is 422 g/mol. The lowest BCUT2D eigenvalue weighted by molar-refractivity contribution is -0.284. The highest BCUT2D eigenvalue weighted by molar-refractivity contribution is 7.89. The van der Waals surface area contributed by atoms with Crippen LogP contribution >= 0.6 is 0 Å². The van der Waals surface area contributed by atoms with Gasteiger partial charge in [0.05, 0.1) is 17.5 Å². The van der Waals surface area contributed by atoms with Gasteiger partial charge in [0.15, 0.2) is 0 Å². The van der Waals surface area contributed by atoms with E-state index in [4.69, 9.17) is 4.84 Å². The molecule has 1 aromatic rings. The molecule has 5 nitrogen and oxygen atoms in total. The number of sulfonamides is 1. The van der Waals surface area contributed by atoms with Crippen molar-refractivity contribution in [3.05, 3.63) is 29.8 Å². The first-order valence-corrected chi connectivity index (χ1v) is 12.2. The van der Waals surface area contributed by atoms with Crippen LogP contribution < -0.4 is 0 Å². The summed E-state index contributed by atoms with van der Waals surface area (Å²) in [5.41, 5.74) is 0.867. The summed E-state index contributed by atoms with van der Waals surface area (Å²) >= 11 is 0. The van der Waals surface area contributed by atoms with E-state index in [1.54, 1.807) is 16.4 Å². The molecule has 0 amide bonds. The van der Waals surface area contributed by atoms with Crippen molar-refractivity contribution in [3.63, 3.8) is 0 Å². The normalized spacial score (nSPS) is 27.2. The molecule has 2 aliphatic heterocycles. The first-order valence-electron chi connectivity index (χ1n) is 10.8. The minimum atomic E-state index is -3.55. The maximum absolute atomic E-state index is 13.4. The van der Waals surface area contributed by atoms with E-state index in [1.807, 2.05) is 19.1 Å². The molecule has 0 N–H and O–H groups in total. The fraction of sp³-hybridized carbons (Fsp3) is 0.739. The molecule has 0 bridgehead atoms. The standard InChI is InChI=1S/C23H38N2O3S/c1-18-9-11-20(12-10-18)29(26,27)24-17-21(2,3)15-19(24)16-28-25-22(4,5)13-8-14-23(25,6)7/h9-12,19H,8,13-17H2,1-7H3/t19-/m0/s1. The zero-order valence-corrected chi connectivity index (χ0v) is 20.0. The first-order chi connectivity index (χ1) is 13.2. The molecule has 0 spiro atoms. The predicted octanol–water partition coefficient (Wildman–Crippen LogP) is 4.76. The largest absolute Gasteiger partial charge is 0.296 e. The van der Waals surface area contributed by atoms with E-state index in [0.29, 0.717) is 18.0 Å². The van der Waals surface area contributed by atoms with Crippen molar-refractivity contribution in [3.8, 4) is 0 Å². The van der Waals surface area contributed by atoms with Gasteiger partial charge in [0.2, 0.25) is 10.0 Å². The molecule has 0 radical (unpaired) electrons. The zero-order valence-electron chi connectivity index (χ0n) is 19.2. The van der Waals surface area contributed by atoms with E-state index >= 15 is 0 Å². The molecule has 2 aliphatic rings. The van der Waals surface area contributed by atoms with Gasteiger partial charge in [0.25, 0.3) is 0 Å². The third-order valence-electron chi connectivity index (χ3n) is 6.48. The molecule has 2 fully saturated rings. The van der Waals surface area contributed by atoms with E-state index in [-0.39, 0.29) is 22.5 Å². The number of aryl methyl sites for hydroxylation is 1. The molecule has 0 aromatic heterocycles. The molecule has 3 rings (SSSR count). The maximum Gasteiger partial charge on any atom is 0.243 e. The van der Waals surface area contributed by atoms with Gasteiger partial charge >= 0.3 is 0 Å². The number of rotatable bonds is 5. The van der Waals surface area contributed by atoms with Crippen LogP contribution in [-0.2, 0) is 14.9 Å². The number of hydroxylamine groups is 2. The van der Waals surface area contributed by atoms with Crippen molar-refractivity contribution in [2.75, 3.05) is 13.2 Å². The lowest BCUT2D eigenvalue weighted by Gasteiger charge is -2.51. The summed E-state index contributed by atoms with van der Waals surface area (Å²) in [7, 11) is -3.55. The predicted molar refractivity (Wildman–Crippen MR) is 117 cm³/mol. The van der Waals surface area contributed by atoms with Gasteiger partial charge in [-0.1, -0.05) is 31.5 Å². The quantitative estimate of drug-likeness (QED) is 0.686. The molecular formula is C23H38N2O3S. The fourth-order valence-corrected chi connectivity index (χ4v) is 6.91. The van der Waals surface area contributed by atoms with Crippen LogP contribution in [0.5, 0.6) is 0 Å². The molecule has 0 unspecified atom stereocenters. The summed E-state index contributed by atoms with van der Waals surface area (Å²) < 4.78 is 28.5. The topological polar surface area (TPSA) is 49.9 Å². The van der Waals surface area contributed by atoms with Gasteiger partial charge in [-0.3, -0.25) is 4.84 Å². The Morgan fingerprint density at radius 1 is 1.00 bits per heavy atom. The smallest absolute Gasteiger partial charge is 0.243 e. The van der Waals surface area contributed by atoms with E-state index in [2.05, 4.69) is 46.6 Å². The third kappa shape index (κ3) is 4.71.